The Morgan fingerprint density at radius 3 is 0.917 bits per heavy atom. The highest BCUT2D eigenvalue weighted by molar-refractivity contribution is 4.99. The molecule has 0 heterocycles. The van der Waals surface area contributed by atoms with E-state index in [0.29, 0.717) is 0 Å². The van der Waals surface area contributed by atoms with Crippen LogP contribution in [0.4, 0.5) is 0 Å². The predicted molar refractivity (Wildman–Crippen MR) is 56.9 cm³/mol. The van der Waals surface area contributed by atoms with Crippen molar-refractivity contribution in [3.05, 3.63) is 36.4 Å². The lowest BCUT2D eigenvalue weighted by molar-refractivity contribution is 0.886. The summed E-state index contributed by atoms with van der Waals surface area (Å²) >= 11 is 0. The average Bonchev–Trinajstić information content (AvgIpc) is 2.24. The van der Waals surface area contributed by atoms with Gasteiger partial charge in [-0.15, -0.1) is 12.8 Å². The van der Waals surface area contributed by atoms with Crippen molar-refractivity contribution >= 4 is 0 Å². The van der Waals surface area contributed by atoms with E-state index in [4.69, 9.17) is 0 Å². The molecule has 0 nitrogen and oxygen atoms in total. The lowest BCUT2D eigenvalue weighted by Gasteiger charge is -1.69. The molecule has 0 radical (unpaired) electrons. The van der Waals surface area contributed by atoms with Crippen LogP contribution in [-0.2, 0) is 0 Å². The second-order valence-corrected chi connectivity index (χ2v) is 2.15. The second-order valence-electron chi connectivity index (χ2n) is 2.15. The maximum absolute atomic E-state index is 4.00. The third kappa shape index (κ3) is 15.9. The van der Waals surface area contributed by atoms with Crippen molar-refractivity contribution in [1.82, 2.24) is 0 Å². The third-order valence-corrected chi connectivity index (χ3v) is 1.17. The Labute approximate surface area is 76.6 Å². The summed E-state index contributed by atoms with van der Waals surface area (Å²) in [5.74, 6) is 0. The molecular formula is C12H18. The Morgan fingerprint density at radius 1 is 0.667 bits per heavy atom. The van der Waals surface area contributed by atoms with Gasteiger partial charge in [0.2, 0.25) is 0 Å². The van der Waals surface area contributed by atoms with Crippen LogP contribution in [0.2, 0.25) is 0 Å². The maximum Gasteiger partial charge on any atom is -0.0564 e. The van der Waals surface area contributed by atoms with E-state index in [9.17, 15) is 0 Å². The lowest BCUT2D eigenvalue weighted by Crippen LogP contribution is -1.47. The summed E-state index contributed by atoms with van der Waals surface area (Å²) in [5.41, 5.74) is 0. The van der Waals surface area contributed by atoms with Gasteiger partial charge in [-0.2, -0.15) is 0 Å². The fourth-order valence-electron chi connectivity index (χ4n) is 0.385. The van der Waals surface area contributed by atoms with Crippen molar-refractivity contribution in [2.24, 2.45) is 0 Å². The first-order chi connectivity index (χ1) is 5.91. The van der Waals surface area contributed by atoms with Crippen molar-refractivity contribution in [2.45, 2.75) is 26.7 Å². The molecule has 0 heteroatoms. The fraction of sp³-hybridized carbons (Fsp3) is 0.333. The minimum absolute atomic E-state index is 1.32. The first-order valence-corrected chi connectivity index (χ1v) is 4.25. The number of unbranched alkanes of at least 4 members (excludes halogenated alkanes) is 1. The second kappa shape index (κ2) is 16.4. The van der Waals surface area contributed by atoms with Crippen LogP contribution < -0.4 is 0 Å². The zero-order valence-electron chi connectivity index (χ0n) is 8.03. The van der Waals surface area contributed by atoms with Crippen LogP contribution in [0, 0.1) is 12.8 Å². The normalized spacial score (nSPS) is 6.67. The zero-order chi connectivity index (χ0) is 9.66. The van der Waals surface area contributed by atoms with E-state index in [2.05, 4.69) is 26.7 Å². The summed E-state index contributed by atoms with van der Waals surface area (Å²) in [4.78, 5) is 0. The van der Waals surface area contributed by atoms with Gasteiger partial charge in [0.05, 0.1) is 0 Å². The van der Waals surface area contributed by atoms with Gasteiger partial charge in [0, 0.05) is 0 Å². The van der Waals surface area contributed by atoms with E-state index in [1.54, 1.807) is 0 Å². The van der Waals surface area contributed by atoms with E-state index in [1.165, 1.54) is 12.8 Å². The number of rotatable bonds is 1. The molecule has 1 aromatic rings. The van der Waals surface area contributed by atoms with E-state index >= 15 is 0 Å². The highest BCUT2D eigenvalue weighted by atomic mass is 13.6. The summed E-state index contributed by atoms with van der Waals surface area (Å²) < 4.78 is 0. The minimum atomic E-state index is 1.32. The van der Waals surface area contributed by atoms with Crippen LogP contribution in [0.3, 0.4) is 0 Å². The lowest BCUT2D eigenvalue weighted by atomic mass is 10.4. The minimum Gasteiger partial charge on any atom is -0.124 e. The Bertz CT molecular complexity index is 121. The van der Waals surface area contributed by atoms with Gasteiger partial charge in [0.1, 0.15) is 0 Å². The molecule has 0 saturated carbocycles. The molecule has 0 aliphatic rings. The number of hydrogen-bond acceptors (Lipinski definition) is 0. The quantitative estimate of drug-likeness (QED) is 0.552. The van der Waals surface area contributed by atoms with Gasteiger partial charge in [0.25, 0.3) is 0 Å². The van der Waals surface area contributed by atoms with Gasteiger partial charge in [-0.25, -0.2) is 0 Å². The Kier molecular flexibility index (Phi) is 18.3. The van der Waals surface area contributed by atoms with E-state index in [0.717, 1.165) is 0 Å². The summed E-state index contributed by atoms with van der Waals surface area (Å²) in [6, 6.07) is 12.0. The molecule has 0 saturated heterocycles. The highest BCUT2D eigenvalue weighted by Gasteiger charge is 1.58. The molecule has 0 N–H and O–H groups in total. The van der Waals surface area contributed by atoms with Gasteiger partial charge in [-0.3, -0.25) is 0 Å². The molecule has 0 atom stereocenters. The Balaban J connectivity index is 0. The fourth-order valence-corrected chi connectivity index (χ4v) is 0.385. The Hall–Kier alpha value is -1.22. The zero-order valence-corrected chi connectivity index (χ0v) is 8.03. The Morgan fingerprint density at radius 2 is 0.833 bits per heavy atom. The van der Waals surface area contributed by atoms with E-state index < -0.39 is 0 Å². The summed E-state index contributed by atoms with van der Waals surface area (Å²) in [6.45, 7) is 4.36. The first kappa shape index (κ1) is 13.4. The van der Waals surface area contributed by atoms with Crippen LogP contribution in [0.5, 0.6) is 0 Å². The highest BCUT2D eigenvalue weighted by Crippen LogP contribution is 1.79. The van der Waals surface area contributed by atoms with Crippen LogP contribution in [0.1, 0.15) is 26.7 Å². The van der Waals surface area contributed by atoms with Crippen LogP contribution >= 0.6 is 0 Å². The van der Waals surface area contributed by atoms with Crippen molar-refractivity contribution in [3.8, 4) is 12.8 Å². The van der Waals surface area contributed by atoms with Gasteiger partial charge < -0.3 is 0 Å². The average molecular weight is 162 g/mol. The largest absolute Gasteiger partial charge is 0.124 e. The van der Waals surface area contributed by atoms with Crippen LogP contribution in [-0.4, -0.2) is 0 Å². The monoisotopic (exact) mass is 162 g/mol. The number of terminal acetylenes is 1. The van der Waals surface area contributed by atoms with Gasteiger partial charge >= 0.3 is 0 Å². The molecule has 0 spiro atoms. The molecule has 0 aliphatic heterocycles. The topological polar surface area (TPSA) is 0 Å². The number of hydrogen-bond donors (Lipinski definition) is 0. The molecular weight excluding hydrogens is 144 g/mol. The smallest absolute Gasteiger partial charge is 0.0564 e. The molecule has 0 aromatic heterocycles. The molecule has 1 aromatic carbocycles. The summed E-state index contributed by atoms with van der Waals surface area (Å²) in [7, 11) is 0. The summed E-state index contributed by atoms with van der Waals surface area (Å²) in [5, 5.41) is 0. The molecule has 0 bridgehead atoms. The molecule has 12 heavy (non-hydrogen) atoms. The van der Waals surface area contributed by atoms with Crippen molar-refractivity contribution < 1.29 is 0 Å². The standard InChI is InChI=1S/C6H6.C4H10.C2H2/c1-2-4-6-5-3-1;1-3-4-2;1-2/h1-6H;3-4H2,1-2H3;1-2H. The van der Waals surface area contributed by atoms with Gasteiger partial charge in [-0.1, -0.05) is 63.1 Å². The van der Waals surface area contributed by atoms with Gasteiger partial charge in [0.15, 0.2) is 0 Å². The third-order valence-electron chi connectivity index (χ3n) is 1.17. The maximum atomic E-state index is 4.00. The molecule has 1 rings (SSSR count). The number of benzene rings is 1. The molecule has 0 amide bonds. The molecule has 66 valence electrons. The van der Waals surface area contributed by atoms with Crippen molar-refractivity contribution in [3.63, 3.8) is 0 Å². The predicted octanol–water partition coefficient (Wildman–Crippen LogP) is 3.74. The molecule has 0 fully saturated rings. The van der Waals surface area contributed by atoms with Gasteiger partial charge in [-0.05, 0) is 0 Å². The van der Waals surface area contributed by atoms with Crippen LogP contribution in [0.15, 0.2) is 36.4 Å². The molecule has 0 aliphatic carbocycles. The van der Waals surface area contributed by atoms with Crippen molar-refractivity contribution in [2.75, 3.05) is 0 Å². The SMILES string of the molecule is C#C.CCCC.c1ccccc1. The van der Waals surface area contributed by atoms with Crippen LogP contribution in [0.25, 0.3) is 0 Å². The summed E-state index contributed by atoms with van der Waals surface area (Å²) in [6.07, 6.45) is 10.6. The van der Waals surface area contributed by atoms with E-state index in [-0.39, 0.29) is 0 Å². The molecule has 0 unspecified atom stereocenters. The van der Waals surface area contributed by atoms with Crippen molar-refractivity contribution in [1.29, 1.82) is 0 Å². The van der Waals surface area contributed by atoms with E-state index in [1.807, 2.05) is 36.4 Å². The first-order valence-electron chi connectivity index (χ1n) is 4.25.